The van der Waals surface area contributed by atoms with E-state index in [0.717, 1.165) is 42.9 Å². The summed E-state index contributed by atoms with van der Waals surface area (Å²) in [7, 11) is 0. The molecule has 3 nitrogen and oxygen atoms in total. The van der Waals surface area contributed by atoms with Crippen molar-refractivity contribution in [3.05, 3.63) is 65.1 Å². The zero-order valence-electron chi connectivity index (χ0n) is 12.0. The molecule has 110 valence electrons. The Hall–Kier alpha value is -2.59. The third-order valence-corrected chi connectivity index (χ3v) is 4.60. The number of fused-ring (bicyclic) bond motifs is 5. The summed E-state index contributed by atoms with van der Waals surface area (Å²) >= 11 is 3.55. The second-order valence-electron chi connectivity index (χ2n) is 5.53. The maximum Gasteiger partial charge on any atom is 0.227 e. The molecular weight excluding hydrogens is 352 g/mol. The van der Waals surface area contributed by atoms with Crippen molar-refractivity contribution in [2.75, 3.05) is 0 Å². The number of H-pyrrole nitrogens is 1. The second kappa shape index (κ2) is 4.70. The van der Waals surface area contributed by atoms with Gasteiger partial charge in [0, 0.05) is 31.8 Å². The van der Waals surface area contributed by atoms with Gasteiger partial charge in [-0.1, -0.05) is 34.1 Å². The molecule has 0 atom stereocenters. The fraction of sp³-hybridized carbons (Fsp3) is 0. The lowest BCUT2D eigenvalue weighted by atomic mass is 10.1. The molecule has 2 heterocycles. The van der Waals surface area contributed by atoms with E-state index in [9.17, 15) is 0 Å². The van der Waals surface area contributed by atoms with Gasteiger partial charge in [-0.15, -0.1) is 0 Å². The summed E-state index contributed by atoms with van der Waals surface area (Å²) < 4.78 is 7.02. The molecule has 0 bridgehead atoms. The minimum absolute atomic E-state index is 0.650. The van der Waals surface area contributed by atoms with Crippen molar-refractivity contribution >= 4 is 48.8 Å². The first kappa shape index (κ1) is 12.9. The third-order valence-electron chi connectivity index (χ3n) is 4.10. The van der Waals surface area contributed by atoms with E-state index in [1.807, 2.05) is 48.5 Å². The highest BCUT2D eigenvalue weighted by Crippen LogP contribution is 2.35. The molecule has 0 aliphatic carbocycles. The standard InChI is InChI=1S/C19H11BrN2O/c20-12-6-7-14-13(10-12)17-15(21-14)8-9-16-18(17)22-19(23-16)11-4-2-1-3-5-11/h1-10,21H. The summed E-state index contributed by atoms with van der Waals surface area (Å²) in [6.07, 6.45) is 0. The Bertz CT molecular complexity index is 1170. The number of aromatic nitrogens is 2. The maximum absolute atomic E-state index is 5.97. The van der Waals surface area contributed by atoms with Crippen LogP contribution >= 0.6 is 15.9 Å². The van der Waals surface area contributed by atoms with E-state index in [4.69, 9.17) is 9.40 Å². The lowest BCUT2D eigenvalue weighted by Gasteiger charge is -1.93. The normalized spacial score (nSPS) is 11.7. The van der Waals surface area contributed by atoms with Gasteiger partial charge in [0.25, 0.3) is 0 Å². The van der Waals surface area contributed by atoms with E-state index in [1.165, 1.54) is 0 Å². The second-order valence-corrected chi connectivity index (χ2v) is 6.45. The Labute approximate surface area is 140 Å². The molecule has 0 aliphatic heterocycles. The van der Waals surface area contributed by atoms with E-state index in [2.05, 4.69) is 33.0 Å². The fourth-order valence-corrected chi connectivity index (χ4v) is 3.41. The number of benzene rings is 3. The Morgan fingerprint density at radius 2 is 1.74 bits per heavy atom. The predicted molar refractivity (Wildman–Crippen MR) is 96.5 cm³/mol. The summed E-state index contributed by atoms with van der Waals surface area (Å²) in [5.41, 5.74) is 4.85. The van der Waals surface area contributed by atoms with E-state index < -0.39 is 0 Å². The van der Waals surface area contributed by atoms with E-state index in [0.29, 0.717) is 5.89 Å². The number of hydrogen-bond acceptors (Lipinski definition) is 2. The minimum Gasteiger partial charge on any atom is -0.436 e. The molecule has 0 saturated heterocycles. The van der Waals surface area contributed by atoms with Crippen LogP contribution in [0.25, 0.3) is 44.4 Å². The molecule has 3 aromatic carbocycles. The van der Waals surface area contributed by atoms with Gasteiger partial charge in [0.05, 0.1) is 0 Å². The minimum atomic E-state index is 0.650. The average molecular weight is 363 g/mol. The molecular formula is C19H11BrN2O. The summed E-state index contributed by atoms with van der Waals surface area (Å²) in [5.74, 6) is 0.650. The number of hydrogen-bond donors (Lipinski definition) is 1. The zero-order valence-corrected chi connectivity index (χ0v) is 13.6. The van der Waals surface area contributed by atoms with Gasteiger partial charge in [0.1, 0.15) is 5.52 Å². The molecule has 1 N–H and O–H groups in total. The molecule has 5 aromatic rings. The van der Waals surface area contributed by atoms with E-state index in [-0.39, 0.29) is 0 Å². The number of halogens is 1. The highest BCUT2D eigenvalue weighted by molar-refractivity contribution is 9.10. The highest BCUT2D eigenvalue weighted by atomic mass is 79.9. The molecule has 0 amide bonds. The van der Waals surface area contributed by atoms with Gasteiger partial charge < -0.3 is 9.40 Å². The zero-order chi connectivity index (χ0) is 15.4. The van der Waals surface area contributed by atoms with Crippen LogP contribution in [0.5, 0.6) is 0 Å². The Balaban J connectivity index is 1.90. The average Bonchev–Trinajstić information content (AvgIpc) is 3.16. The Kier molecular flexibility index (Phi) is 2.64. The molecule has 0 radical (unpaired) electrons. The van der Waals surface area contributed by atoms with Crippen molar-refractivity contribution in [2.45, 2.75) is 0 Å². The van der Waals surface area contributed by atoms with Crippen molar-refractivity contribution in [1.29, 1.82) is 0 Å². The van der Waals surface area contributed by atoms with Crippen LogP contribution in [-0.4, -0.2) is 9.97 Å². The highest BCUT2D eigenvalue weighted by Gasteiger charge is 2.14. The van der Waals surface area contributed by atoms with Crippen molar-refractivity contribution < 1.29 is 4.42 Å². The summed E-state index contributed by atoms with van der Waals surface area (Å²) in [6.45, 7) is 0. The molecule has 0 saturated carbocycles. The lowest BCUT2D eigenvalue weighted by molar-refractivity contribution is 0.620. The van der Waals surface area contributed by atoms with Crippen LogP contribution in [-0.2, 0) is 0 Å². The van der Waals surface area contributed by atoms with E-state index in [1.54, 1.807) is 0 Å². The van der Waals surface area contributed by atoms with Crippen molar-refractivity contribution in [1.82, 2.24) is 9.97 Å². The third kappa shape index (κ3) is 1.92. The number of aromatic amines is 1. The number of nitrogens with zero attached hydrogens (tertiary/aromatic N) is 1. The van der Waals surface area contributed by atoms with Gasteiger partial charge in [0.15, 0.2) is 5.58 Å². The van der Waals surface area contributed by atoms with Crippen LogP contribution in [0.1, 0.15) is 0 Å². The van der Waals surface area contributed by atoms with Gasteiger partial charge in [-0.25, -0.2) is 4.98 Å². The SMILES string of the molecule is Brc1ccc2[nH]c3ccc4oc(-c5ccccc5)nc4c3c2c1. The topological polar surface area (TPSA) is 41.8 Å². The maximum atomic E-state index is 5.97. The number of rotatable bonds is 1. The molecule has 23 heavy (non-hydrogen) atoms. The van der Waals surface area contributed by atoms with Crippen molar-refractivity contribution in [2.24, 2.45) is 0 Å². The Morgan fingerprint density at radius 1 is 0.913 bits per heavy atom. The first-order valence-electron chi connectivity index (χ1n) is 7.35. The van der Waals surface area contributed by atoms with Gasteiger partial charge in [-0.3, -0.25) is 0 Å². The van der Waals surface area contributed by atoms with Crippen LogP contribution in [0.4, 0.5) is 0 Å². The first-order chi connectivity index (χ1) is 11.3. The smallest absolute Gasteiger partial charge is 0.227 e. The monoisotopic (exact) mass is 362 g/mol. The van der Waals surface area contributed by atoms with Gasteiger partial charge in [-0.05, 0) is 42.5 Å². The van der Waals surface area contributed by atoms with Crippen molar-refractivity contribution in [3.63, 3.8) is 0 Å². The molecule has 4 heteroatoms. The van der Waals surface area contributed by atoms with Crippen LogP contribution in [0.2, 0.25) is 0 Å². The fourth-order valence-electron chi connectivity index (χ4n) is 3.05. The molecule has 2 aromatic heterocycles. The Morgan fingerprint density at radius 3 is 2.61 bits per heavy atom. The van der Waals surface area contributed by atoms with Gasteiger partial charge in [-0.2, -0.15) is 0 Å². The quantitative estimate of drug-likeness (QED) is 0.403. The first-order valence-corrected chi connectivity index (χ1v) is 8.15. The van der Waals surface area contributed by atoms with Crippen LogP contribution < -0.4 is 0 Å². The largest absolute Gasteiger partial charge is 0.436 e. The molecule has 5 rings (SSSR count). The van der Waals surface area contributed by atoms with Gasteiger partial charge >= 0.3 is 0 Å². The summed E-state index contributed by atoms with van der Waals surface area (Å²) in [6, 6.07) is 20.2. The van der Waals surface area contributed by atoms with Gasteiger partial charge in [0.2, 0.25) is 5.89 Å². The van der Waals surface area contributed by atoms with Crippen LogP contribution in [0.3, 0.4) is 0 Å². The van der Waals surface area contributed by atoms with Crippen LogP contribution in [0, 0.1) is 0 Å². The summed E-state index contributed by atoms with van der Waals surface area (Å²) in [5, 5.41) is 2.25. The molecule has 0 aliphatic rings. The molecule has 0 unspecified atom stereocenters. The predicted octanol–water partition coefficient (Wildman–Crippen LogP) is 5.89. The number of nitrogens with one attached hydrogen (secondary N) is 1. The van der Waals surface area contributed by atoms with E-state index >= 15 is 0 Å². The number of oxazole rings is 1. The molecule has 0 spiro atoms. The summed E-state index contributed by atoms with van der Waals surface area (Å²) in [4.78, 5) is 8.21. The van der Waals surface area contributed by atoms with Crippen molar-refractivity contribution in [3.8, 4) is 11.5 Å². The van der Waals surface area contributed by atoms with Crippen LogP contribution in [0.15, 0.2) is 69.6 Å². The lowest BCUT2D eigenvalue weighted by Crippen LogP contribution is -1.76. The molecule has 0 fully saturated rings.